The van der Waals surface area contributed by atoms with E-state index in [0.29, 0.717) is 0 Å². The van der Waals surface area contributed by atoms with E-state index in [2.05, 4.69) is 0 Å². The van der Waals surface area contributed by atoms with Gasteiger partial charge in [0.25, 0.3) is 0 Å². The van der Waals surface area contributed by atoms with E-state index in [4.69, 9.17) is 14.2 Å². The molecule has 128 valence electrons. The van der Waals surface area contributed by atoms with Crippen LogP contribution in [0.4, 0.5) is 4.79 Å². The van der Waals surface area contributed by atoms with Crippen LogP contribution < -0.4 is 0 Å². The molecule has 1 fully saturated rings. The fourth-order valence-electron chi connectivity index (χ4n) is 2.71. The number of hydrogen-bond acceptors (Lipinski definition) is 5. The van der Waals surface area contributed by atoms with Crippen LogP contribution in [0.1, 0.15) is 54.4 Å². The Bertz CT molecular complexity index is 413. The molecule has 0 aromatic rings. The van der Waals surface area contributed by atoms with Gasteiger partial charge in [-0.3, -0.25) is 4.90 Å². The van der Waals surface area contributed by atoms with Gasteiger partial charge in [-0.25, -0.2) is 9.59 Å². The zero-order chi connectivity index (χ0) is 17.1. The molecule has 0 aliphatic carbocycles. The van der Waals surface area contributed by atoms with Crippen LogP contribution in [0.2, 0.25) is 0 Å². The second-order valence-corrected chi connectivity index (χ2v) is 6.89. The largest absolute Gasteiger partial charge is 0.467 e. The smallest absolute Gasteiger partial charge is 0.413 e. The van der Waals surface area contributed by atoms with Gasteiger partial charge >= 0.3 is 12.1 Å². The molecular weight excluding hydrogens is 286 g/mol. The average Bonchev–Trinajstić information content (AvgIpc) is 2.76. The first-order valence-corrected chi connectivity index (χ1v) is 7.83. The van der Waals surface area contributed by atoms with Crippen molar-refractivity contribution in [3.63, 3.8) is 0 Å². The summed E-state index contributed by atoms with van der Waals surface area (Å²) in [6.45, 7) is 11.2. The molecule has 6 heteroatoms. The minimum Gasteiger partial charge on any atom is -0.467 e. The molecule has 0 radical (unpaired) electrons. The van der Waals surface area contributed by atoms with Gasteiger partial charge in [-0.05, 0) is 40.5 Å². The van der Waals surface area contributed by atoms with Crippen molar-refractivity contribution in [1.82, 2.24) is 4.90 Å². The molecule has 1 amide bonds. The summed E-state index contributed by atoms with van der Waals surface area (Å²) >= 11 is 0. The van der Waals surface area contributed by atoms with Crippen LogP contribution in [0.25, 0.3) is 0 Å². The molecule has 1 aliphatic rings. The Morgan fingerprint density at radius 2 is 1.86 bits per heavy atom. The number of esters is 1. The molecule has 1 aliphatic heterocycles. The van der Waals surface area contributed by atoms with Crippen LogP contribution in [0.3, 0.4) is 0 Å². The normalized spacial score (nSPS) is 25.5. The molecule has 1 rings (SSSR count). The van der Waals surface area contributed by atoms with E-state index in [1.807, 2.05) is 13.8 Å². The van der Waals surface area contributed by atoms with E-state index in [1.54, 1.807) is 27.7 Å². The average molecular weight is 315 g/mol. The number of nitrogens with zero attached hydrogens (tertiary/aromatic N) is 1. The number of methoxy groups -OCH3 is 1. The van der Waals surface area contributed by atoms with E-state index < -0.39 is 29.4 Å². The number of carbonyl (C=O) groups excluding carboxylic acids is 2. The number of amides is 1. The first-order valence-electron chi connectivity index (χ1n) is 7.83. The molecule has 0 saturated carbocycles. The topological polar surface area (TPSA) is 65.1 Å². The Morgan fingerprint density at radius 3 is 2.27 bits per heavy atom. The van der Waals surface area contributed by atoms with Crippen molar-refractivity contribution >= 4 is 12.1 Å². The monoisotopic (exact) mass is 315 g/mol. The zero-order valence-corrected chi connectivity index (χ0v) is 14.8. The van der Waals surface area contributed by atoms with Crippen LogP contribution in [0.5, 0.6) is 0 Å². The highest BCUT2D eigenvalue weighted by molar-refractivity contribution is 5.86. The standard InChI is InChI=1S/C16H29NO5/c1-8-11(9-2)12-17(14(19)22-15(3,4)5)16(6,10-21-12)13(18)20-7/h11-12H,8-10H2,1-7H3/t12-,16+/m1/s1. The van der Waals surface area contributed by atoms with Crippen LogP contribution >= 0.6 is 0 Å². The van der Waals surface area contributed by atoms with Crippen LogP contribution in [-0.4, -0.2) is 48.0 Å². The highest BCUT2D eigenvalue weighted by atomic mass is 16.6. The van der Waals surface area contributed by atoms with Gasteiger partial charge in [0.15, 0.2) is 5.54 Å². The van der Waals surface area contributed by atoms with Crippen LogP contribution in [0, 0.1) is 5.92 Å². The summed E-state index contributed by atoms with van der Waals surface area (Å²) in [5, 5.41) is 0. The van der Waals surface area contributed by atoms with Crippen molar-refractivity contribution in [3.05, 3.63) is 0 Å². The summed E-state index contributed by atoms with van der Waals surface area (Å²) in [6.07, 6.45) is 0.666. The molecule has 1 heterocycles. The minimum atomic E-state index is -1.16. The Labute approximate surface area is 133 Å². The van der Waals surface area contributed by atoms with E-state index in [1.165, 1.54) is 12.0 Å². The van der Waals surface area contributed by atoms with Gasteiger partial charge in [-0.1, -0.05) is 13.8 Å². The predicted octanol–water partition coefficient (Wildman–Crippen LogP) is 2.95. The molecule has 2 atom stereocenters. The van der Waals surface area contributed by atoms with Crippen LogP contribution in [0.15, 0.2) is 0 Å². The van der Waals surface area contributed by atoms with Crippen molar-refractivity contribution in [2.24, 2.45) is 5.92 Å². The van der Waals surface area contributed by atoms with Crippen molar-refractivity contribution < 1.29 is 23.8 Å². The Balaban J connectivity index is 3.16. The van der Waals surface area contributed by atoms with Gasteiger partial charge in [-0.2, -0.15) is 0 Å². The van der Waals surface area contributed by atoms with Gasteiger partial charge in [-0.15, -0.1) is 0 Å². The summed E-state index contributed by atoms with van der Waals surface area (Å²) in [7, 11) is 1.31. The zero-order valence-electron chi connectivity index (χ0n) is 14.8. The number of rotatable bonds is 4. The minimum absolute atomic E-state index is 0.111. The third-order valence-corrected chi connectivity index (χ3v) is 3.99. The molecule has 6 nitrogen and oxygen atoms in total. The number of hydrogen-bond donors (Lipinski definition) is 0. The molecule has 0 aromatic heterocycles. The molecular formula is C16H29NO5. The quantitative estimate of drug-likeness (QED) is 0.746. The van der Waals surface area contributed by atoms with E-state index >= 15 is 0 Å². The number of carbonyl (C=O) groups is 2. The Morgan fingerprint density at radius 1 is 1.32 bits per heavy atom. The van der Waals surface area contributed by atoms with Crippen molar-refractivity contribution in [3.8, 4) is 0 Å². The van der Waals surface area contributed by atoms with E-state index in [9.17, 15) is 9.59 Å². The maximum Gasteiger partial charge on any atom is 0.413 e. The molecule has 0 spiro atoms. The molecule has 0 aromatic carbocycles. The van der Waals surface area contributed by atoms with E-state index in [0.717, 1.165) is 12.8 Å². The third kappa shape index (κ3) is 3.72. The summed E-state index contributed by atoms with van der Waals surface area (Å²) in [5.41, 5.74) is -1.81. The summed E-state index contributed by atoms with van der Waals surface area (Å²) in [5.74, 6) is -0.356. The fraction of sp³-hybridized carbons (Fsp3) is 0.875. The summed E-state index contributed by atoms with van der Waals surface area (Å²) in [6, 6.07) is 0. The summed E-state index contributed by atoms with van der Waals surface area (Å²) < 4.78 is 16.2. The van der Waals surface area contributed by atoms with Crippen molar-refractivity contribution in [2.75, 3.05) is 13.7 Å². The van der Waals surface area contributed by atoms with Gasteiger partial charge in [0.05, 0.1) is 13.7 Å². The SMILES string of the molecule is CCC(CC)[C@H]1OC[C@@](C)(C(=O)OC)N1C(=O)OC(C)(C)C. The van der Waals surface area contributed by atoms with Crippen molar-refractivity contribution in [2.45, 2.75) is 71.8 Å². The highest BCUT2D eigenvalue weighted by Gasteiger charge is 2.55. The van der Waals surface area contributed by atoms with Gasteiger partial charge in [0, 0.05) is 5.92 Å². The van der Waals surface area contributed by atoms with Gasteiger partial charge in [0.2, 0.25) is 0 Å². The lowest BCUT2D eigenvalue weighted by molar-refractivity contribution is -0.152. The maximum atomic E-state index is 12.7. The molecule has 0 unspecified atom stereocenters. The lowest BCUT2D eigenvalue weighted by Crippen LogP contribution is -2.57. The Hall–Kier alpha value is -1.30. The lowest BCUT2D eigenvalue weighted by Gasteiger charge is -2.37. The third-order valence-electron chi connectivity index (χ3n) is 3.99. The second-order valence-electron chi connectivity index (χ2n) is 6.89. The van der Waals surface area contributed by atoms with E-state index in [-0.39, 0.29) is 12.5 Å². The van der Waals surface area contributed by atoms with Gasteiger partial charge in [0.1, 0.15) is 11.8 Å². The van der Waals surface area contributed by atoms with Gasteiger partial charge < -0.3 is 14.2 Å². The Kier molecular flexibility index (Phi) is 5.84. The highest BCUT2D eigenvalue weighted by Crippen LogP contribution is 2.35. The molecule has 0 N–H and O–H groups in total. The summed E-state index contributed by atoms with van der Waals surface area (Å²) in [4.78, 5) is 26.3. The predicted molar refractivity (Wildman–Crippen MR) is 82.3 cm³/mol. The first-order chi connectivity index (χ1) is 10.1. The first kappa shape index (κ1) is 18.7. The van der Waals surface area contributed by atoms with Crippen molar-refractivity contribution in [1.29, 1.82) is 0 Å². The number of ether oxygens (including phenoxy) is 3. The van der Waals surface area contributed by atoms with Crippen LogP contribution in [-0.2, 0) is 19.0 Å². The molecule has 0 bridgehead atoms. The molecule has 22 heavy (non-hydrogen) atoms. The lowest BCUT2D eigenvalue weighted by atomic mass is 9.97. The maximum absolute atomic E-state index is 12.7. The molecule has 1 saturated heterocycles. The second kappa shape index (κ2) is 6.86. The fourth-order valence-corrected chi connectivity index (χ4v) is 2.71.